The molecule has 0 saturated carbocycles. The third-order valence-electron chi connectivity index (χ3n) is 7.15. The van der Waals surface area contributed by atoms with E-state index in [0.717, 1.165) is 91.8 Å². The second kappa shape index (κ2) is 12.2. The average molecular weight is 464 g/mol. The Hall–Kier alpha value is -2.62. The Bertz CT molecular complexity index is 985. The lowest BCUT2D eigenvalue weighted by Crippen LogP contribution is -2.38. The zero-order valence-electron chi connectivity index (χ0n) is 21.7. The van der Waals surface area contributed by atoms with Crippen molar-refractivity contribution in [1.82, 2.24) is 9.80 Å². The normalized spacial score (nSPS) is 26.1. The number of hydrogen-bond acceptors (Lipinski definition) is 3. The van der Waals surface area contributed by atoms with Gasteiger partial charge in [0.15, 0.2) is 0 Å². The molecule has 2 aliphatic rings. The van der Waals surface area contributed by atoms with Crippen LogP contribution in [0.15, 0.2) is 65.5 Å². The van der Waals surface area contributed by atoms with Crippen molar-refractivity contribution in [2.45, 2.75) is 78.2 Å². The molecule has 0 bridgehead atoms. The van der Waals surface area contributed by atoms with Crippen molar-refractivity contribution in [2.24, 2.45) is 4.99 Å². The Kier molecular flexibility index (Phi) is 9.32. The Morgan fingerprint density at radius 2 is 1.79 bits per heavy atom. The van der Waals surface area contributed by atoms with E-state index < -0.39 is 0 Å². The van der Waals surface area contributed by atoms with Crippen LogP contribution < -0.4 is 0 Å². The average Bonchev–Trinajstić information content (AvgIpc) is 2.82. The molecule has 4 heteroatoms. The second-order valence-corrected chi connectivity index (χ2v) is 9.79. The van der Waals surface area contributed by atoms with Gasteiger partial charge in [0, 0.05) is 48.5 Å². The molecule has 0 radical (unpaired) electrons. The van der Waals surface area contributed by atoms with Gasteiger partial charge < -0.3 is 9.80 Å². The van der Waals surface area contributed by atoms with E-state index in [4.69, 9.17) is 4.99 Å². The van der Waals surface area contributed by atoms with Crippen LogP contribution in [-0.4, -0.2) is 41.7 Å². The highest BCUT2D eigenvalue weighted by Gasteiger charge is 2.26. The van der Waals surface area contributed by atoms with E-state index in [1.54, 1.807) is 12.1 Å². The molecule has 1 fully saturated rings. The predicted molar refractivity (Wildman–Crippen MR) is 144 cm³/mol. The fourth-order valence-corrected chi connectivity index (χ4v) is 5.06. The summed E-state index contributed by atoms with van der Waals surface area (Å²) in [4.78, 5) is 9.62. The number of rotatable bonds is 1. The molecule has 1 atom stereocenters. The Balaban J connectivity index is 2.01. The van der Waals surface area contributed by atoms with Gasteiger partial charge in [-0.1, -0.05) is 26.5 Å². The Morgan fingerprint density at radius 3 is 2.56 bits per heavy atom. The molecule has 184 valence electrons. The van der Waals surface area contributed by atoms with Crippen LogP contribution in [0.4, 0.5) is 4.39 Å². The van der Waals surface area contributed by atoms with Gasteiger partial charge in [0.05, 0.1) is 6.04 Å². The van der Waals surface area contributed by atoms with E-state index in [1.807, 2.05) is 6.07 Å². The van der Waals surface area contributed by atoms with E-state index >= 15 is 0 Å². The molecular weight excluding hydrogens is 421 g/mol. The fourth-order valence-electron chi connectivity index (χ4n) is 5.06. The third-order valence-corrected chi connectivity index (χ3v) is 7.15. The highest BCUT2D eigenvalue weighted by atomic mass is 19.1. The first-order valence-corrected chi connectivity index (χ1v) is 12.9. The van der Waals surface area contributed by atoms with Gasteiger partial charge in [-0.2, -0.15) is 0 Å². The number of allylic oxidation sites excluding steroid dienone is 3. The molecule has 0 aromatic heterocycles. The number of halogens is 1. The molecule has 2 aliphatic heterocycles. The van der Waals surface area contributed by atoms with Crippen LogP contribution in [0.5, 0.6) is 0 Å². The van der Waals surface area contributed by atoms with Crippen molar-refractivity contribution in [2.75, 3.05) is 20.1 Å². The van der Waals surface area contributed by atoms with Crippen LogP contribution in [0.1, 0.15) is 76.8 Å². The third kappa shape index (κ3) is 6.71. The minimum Gasteiger partial charge on any atom is -0.378 e. The molecule has 0 amide bonds. The molecule has 2 heterocycles. The van der Waals surface area contributed by atoms with E-state index in [2.05, 4.69) is 62.9 Å². The number of aryl methyl sites for hydroxylation is 1. The van der Waals surface area contributed by atoms with Crippen molar-refractivity contribution in [3.63, 3.8) is 0 Å². The molecule has 1 aromatic rings. The van der Waals surface area contributed by atoms with Crippen LogP contribution >= 0.6 is 0 Å². The van der Waals surface area contributed by atoms with Crippen molar-refractivity contribution in [3.8, 4) is 0 Å². The summed E-state index contributed by atoms with van der Waals surface area (Å²) >= 11 is 0. The number of hydrogen-bond donors (Lipinski definition) is 0. The fraction of sp³-hybridized carbons (Fsp3) is 0.500. The highest BCUT2D eigenvalue weighted by Crippen LogP contribution is 2.33. The lowest BCUT2D eigenvalue weighted by atomic mass is 9.92. The van der Waals surface area contributed by atoms with Crippen molar-refractivity contribution in [1.29, 1.82) is 0 Å². The van der Waals surface area contributed by atoms with Gasteiger partial charge in [-0.05, 0) is 100 Å². The number of nitrogens with zero attached hydrogens (tertiary/aromatic N) is 3. The first-order chi connectivity index (χ1) is 16.3. The standard InChI is InChI=1S/C30H42FN3/c1-7-28-19-22(2)30-14-10-12-18-34(30)25(5)29-16-15-27(31)21-26(29)13-9-8-11-17-33(6)24(4)20-23(3)32-28/h15-16,19-21,30H,2,5,7-14,17-18H2,1,3-4,6H3/b24-20+,28-19+,32-23-. The summed E-state index contributed by atoms with van der Waals surface area (Å²) in [5.41, 5.74) is 7.50. The van der Waals surface area contributed by atoms with Crippen LogP contribution in [-0.2, 0) is 6.42 Å². The number of aliphatic imine (C=N–C) groups is 1. The largest absolute Gasteiger partial charge is 0.378 e. The summed E-state index contributed by atoms with van der Waals surface area (Å²) < 4.78 is 14.2. The summed E-state index contributed by atoms with van der Waals surface area (Å²) in [7, 11) is 2.14. The predicted octanol–water partition coefficient (Wildman–Crippen LogP) is 7.52. The van der Waals surface area contributed by atoms with Gasteiger partial charge in [0.25, 0.3) is 0 Å². The molecular formula is C30H42FN3. The van der Waals surface area contributed by atoms with Crippen LogP contribution in [0.25, 0.3) is 5.70 Å². The SMILES string of the molecule is C=C1/C=C(CC)/N=C(C)\C=C(/C)N(C)CCCCCc2cc(F)ccc2C(=C)N2CCCCC12. The van der Waals surface area contributed by atoms with E-state index in [1.165, 1.54) is 12.1 Å². The van der Waals surface area contributed by atoms with Crippen molar-refractivity contribution in [3.05, 3.63) is 77.4 Å². The van der Waals surface area contributed by atoms with Gasteiger partial charge in [-0.25, -0.2) is 4.39 Å². The minimum absolute atomic E-state index is 0.169. The van der Waals surface area contributed by atoms with Crippen molar-refractivity contribution < 1.29 is 4.39 Å². The zero-order valence-corrected chi connectivity index (χ0v) is 21.7. The molecule has 1 saturated heterocycles. The number of benzene rings is 1. The second-order valence-electron chi connectivity index (χ2n) is 9.79. The molecule has 1 unspecified atom stereocenters. The molecule has 0 N–H and O–H groups in total. The molecule has 3 nitrogen and oxygen atoms in total. The first kappa shape index (κ1) is 26.0. The number of fused-ring (bicyclic) bond motifs is 2. The smallest absolute Gasteiger partial charge is 0.123 e. The quantitative estimate of drug-likeness (QED) is 0.429. The van der Waals surface area contributed by atoms with E-state index in [0.29, 0.717) is 0 Å². The summed E-state index contributed by atoms with van der Waals surface area (Å²) in [5.74, 6) is -0.169. The maximum Gasteiger partial charge on any atom is 0.123 e. The summed E-state index contributed by atoms with van der Waals surface area (Å²) in [5, 5.41) is 0. The van der Waals surface area contributed by atoms with Gasteiger partial charge in [-0.15, -0.1) is 0 Å². The molecule has 1 aromatic carbocycles. The summed E-state index contributed by atoms with van der Waals surface area (Å²) in [6.07, 6.45) is 12.7. The molecule has 34 heavy (non-hydrogen) atoms. The lowest BCUT2D eigenvalue weighted by molar-refractivity contribution is 0.260. The molecule has 0 spiro atoms. The highest BCUT2D eigenvalue weighted by molar-refractivity contribution is 5.94. The van der Waals surface area contributed by atoms with E-state index in [-0.39, 0.29) is 11.9 Å². The first-order valence-electron chi connectivity index (χ1n) is 12.9. The topological polar surface area (TPSA) is 18.8 Å². The Morgan fingerprint density at radius 1 is 1.03 bits per heavy atom. The maximum atomic E-state index is 14.2. The maximum absolute atomic E-state index is 14.2. The molecule has 3 rings (SSSR count). The lowest BCUT2D eigenvalue weighted by Gasteiger charge is -2.40. The van der Waals surface area contributed by atoms with Gasteiger partial charge >= 0.3 is 0 Å². The molecule has 0 aliphatic carbocycles. The van der Waals surface area contributed by atoms with Crippen LogP contribution in [0.2, 0.25) is 0 Å². The van der Waals surface area contributed by atoms with E-state index in [9.17, 15) is 4.39 Å². The van der Waals surface area contributed by atoms with Crippen LogP contribution in [0.3, 0.4) is 0 Å². The monoisotopic (exact) mass is 463 g/mol. The Labute approximate surface area is 206 Å². The summed E-state index contributed by atoms with van der Waals surface area (Å²) in [6.45, 7) is 17.3. The summed E-state index contributed by atoms with van der Waals surface area (Å²) in [6, 6.07) is 5.39. The van der Waals surface area contributed by atoms with Gasteiger partial charge in [0.2, 0.25) is 0 Å². The minimum atomic E-state index is -0.169. The van der Waals surface area contributed by atoms with Crippen LogP contribution in [0, 0.1) is 5.82 Å². The van der Waals surface area contributed by atoms with Gasteiger partial charge in [-0.3, -0.25) is 4.99 Å². The number of piperidine rings is 1. The van der Waals surface area contributed by atoms with Crippen molar-refractivity contribution >= 4 is 11.4 Å². The zero-order chi connectivity index (χ0) is 24.7. The van der Waals surface area contributed by atoms with Gasteiger partial charge in [0.1, 0.15) is 5.82 Å².